The van der Waals surface area contributed by atoms with E-state index in [1.807, 2.05) is 13.8 Å². The summed E-state index contributed by atoms with van der Waals surface area (Å²) in [6.45, 7) is 17.1. The Bertz CT molecular complexity index is 218. The second-order valence-corrected chi connectivity index (χ2v) is 5.95. The summed E-state index contributed by atoms with van der Waals surface area (Å²) in [6.07, 6.45) is 1.23. The summed E-state index contributed by atoms with van der Waals surface area (Å²) < 4.78 is 0. The van der Waals surface area contributed by atoms with Crippen LogP contribution in [0.3, 0.4) is 0 Å². The molecule has 0 aliphatic carbocycles. The number of rotatable bonds is 0. The van der Waals surface area contributed by atoms with Crippen LogP contribution in [0.5, 0.6) is 0 Å². The molecular weight excluding hydrogens is 186 g/mol. The average Bonchev–Trinajstić information content (AvgIpc) is 2.53. The van der Waals surface area contributed by atoms with Crippen LogP contribution in [0.25, 0.3) is 0 Å². The van der Waals surface area contributed by atoms with E-state index in [0.717, 1.165) is 6.42 Å². The van der Waals surface area contributed by atoms with Crippen molar-refractivity contribution in [3.8, 4) is 0 Å². The Hall–Kier alpha value is -0.530. The maximum atomic E-state index is 5.44. The molecule has 0 fully saturated rings. The van der Waals surface area contributed by atoms with Crippen LogP contribution < -0.4 is 0 Å². The van der Waals surface area contributed by atoms with E-state index in [4.69, 9.17) is 4.84 Å². The molecule has 0 aromatic carbocycles. The lowest BCUT2D eigenvalue weighted by atomic mass is 9.81. The van der Waals surface area contributed by atoms with Gasteiger partial charge in [0.05, 0.1) is 5.71 Å². The van der Waals surface area contributed by atoms with Crippen molar-refractivity contribution in [3.63, 3.8) is 0 Å². The first-order valence-corrected chi connectivity index (χ1v) is 5.94. The molecule has 1 rings (SSSR count). The molecule has 1 aliphatic rings. The number of hydrogen-bond acceptors (Lipinski definition) is 2. The molecule has 1 heterocycles. The van der Waals surface area contributed by atoms with Crippen LogP contribution in [0.15, 0.2) is 5.16 Å². The Morgan fingerprint density at radius 3 is 1.73 bits per heavy atom. The summed E-state index contributed by atoms with van der Waals surface area (Å²) in [4.78, 5) is 5.44. The van der Waals surface area contributed by atoms with Gasteiger partial charge in [-0.3, -0.25) is 0 Å². The second kappa shape index (κ2) is 5.00. The van der Waals surface area contributed by atoms with Crippen molar-refractivity contribution in [2.45, 2.75) is 67.9 Å². The van der Waals surface area contributed by atoms with Gasteiger partial charge in [-0.05, 0) is 0 Å². The highest BCUT2D eigenvalue weighted by atomic mass is 16.6. The number of nitrogens with zero attached hydrogens (tertiary/aromatic N) is 1. The normalized spacial score (nSPS) is 21.3. The third kappa shape index (κ3) is 4.23. The predicted octanol–water partition coefficient (Wildman–Crippen LogP) is 4.25. The smallest absolute Gasteiger partial charge is 0.137 e. The molecule has 0 radical (unpaired) electrons. The van der Waals surface area contributed by atoms with Crippen molar-refractivity contribution in [1.29, 1.82) is 0 Å². The van der Waals surface area contributed by atoms with Crippen molar-refractivity contribution in [3.05, 3.63) is 0 Å². The summed E-state index contributed by atoms with van der Waals surface area (Å²) in [6, 6.07) is 0. The lowest BCUT2D eigenvalue weighted by Gasteiger charge is -2.25. The minimum absolute atomic E-state index is 0.153. The van der Waals surface area contributed by atoms with Crippen LogP contribution in [0.1, 0.15) is 61.8 Å². The fourth-order valence-electron chi connectivity index (χ4n) is 1.28. The van der Waals surface area contributed by atoms with Gasteiger partial charge in [0.2, 0.25) is 0 Å². The van der Waals surface area contributed by atoms with Crippen molar-refractivity contribution in [2.75, 3.05) is 0 Å². The van der Waals surface area contributed by atoms with E-state index in [9.17, 15) is 0 Å². The van der Waals surface area contributed by atoms with Crippen LogP contribution in [0.4, 0.5) is 0 Å². The number of hydrogen-bond donors (Lipinski definition) is 0. The summed E-state index contributed by atoms with van der Waals surface area (Å²) in [5, 5.41) is 4.17. The Balaban J connectivity index is 0.000000921. The minimum atomic E-state index is 0.153. The second-order valence-electron chi connectivity index (χ2n) is 5.95. The Labute approximate surface area is 95.1 Å². The van der Waals surface area contributed by atoms with Crippen LogP contribution in [-0.4, -0.2) is 11.8 Å². The van der Waals surface area contributed by atoms with Crippen molar-refractivity contribution >= 4 is 5.71 Å². The molecule has 0 aromatic rings. The van der Waals surface area contributed by atoms with E-state index < -0.39 is 0 Å². The number of oxime groups is 1. The van der Waals surface area contributed by atoms with E-state index in [-0.39, 0.29) is 16.9 Å². The molecule has 0 saturated carbocycles. The van der Waals surface area contributed by atoms with E-state index >= 15 is 0 Å². The van der Waals surface area contributed by atoms with Crippen LogP contribution in [0.2, 0.25) is 0 Å². The molecule has 2 heteroatoms. The first kappa shape index (κ1) is 14.5. The topological polar surface area (TPSA) is 21.6 Å². The lowest BCUT2D eigenvalue weighted by Crippen LogP contribution is -2.28. The fourth-order valence-corrected chi connectivity index (χ4v) is 1.28. The van der Waals surface area contributed by atoms with E-state index in [2.05, 4.69) is 46.7 Å². The molecule has 90 valence electrons. The molecule has 0 amide bonds. The van der Waals surface area contributed by atoms with Gasteiger partial charge in [-0.2, -0.15) is 0 Å². The molecule has 2 nitrogen and oxygen atoms in total. The summed E-state index contributed by atoms with van der Waals surface area (Å²) in [5.41, 5.74) is 1.53. The predicted molar refractivity (Wildman–Crippen MR) is 67.2 cm³/mol. The average molecular weight is 213 g/mol. The van der Waals surface area contributed by atoms with Crippen LogP contribution in [0, 0.1) is 10.8 Å². The largest absolute Gasteiger partial charge is 0.392 e. The van der Waals surface area contributed by atoms with E-state index in [1.165, 1.54) is 5.71 Å². The van der Waals surface area contributed by atoms with Gasteiger partial charge in [-0.25, -0.2) is 0 Å². The third-order valence-corrected chi connectivity index (χ3v) is 2.50. The first-order chi connectivity index (χ1) is 6.71. The quantitative estimate of drug-likeness (QED) is 0.589. The molecule has 0 aromatic heterocycles. The van der Waals surface area contributed by atoms with Gasteiger partial charge in [0.15, 0.2) is 0 Å². The maximum Gasteiger partial charge on any atom is 0.137 e. The standard InChI is InChI=1S/C11H21NO.C2H6/c1-10(2,3)8-7-9(13-12-8)11(4,5)6;1-2/h9H,7H2,1-6H3;1-2H3. The van der Waals surface area contributed by atoms with Crippen molar-refractivity contribution < 1.29 is 4.84 Å². The Kier molecular flexibility index (Phi) is 4.82. The zero-order chi connectivity index (χ0) is 12.3. The van der Waals surface area contributed by atoms with Gasteiger partial charge in [-0.1, -0.05) is 60.5 Å². The summed E-state index contributed by atoms with van der Waals surface area (Å²) >= 11 is 0. The van der Waals surface area contributed by atoms with Crippen LogP contribution >= 0.6 is 0 Å². The molecule has 1 atom stereocenters. The minimum Gasteiger partial charge on any atom is -0.392 e. The van der Waals surface area contributed by atoms with E-state index in [1.54, 1.807) is 0 Å². The summed E-state index contributed by atoms with van der Waals surface area (Å²) in [5.74, 6) is 0. The highest BCUT2D eigenvalue weighted by molar-refractivity contribution is 5.90. The Morgan fingerprint density at radius 2 is 1.53 bits per heavy atom. The van der Waals surface area contributed by atoms with Gasteiger partial charge in [0, 0.05) is 17.3 Å². The zero-order valence-electron chi connectivity index (χ0n) is 11.6. The van der Waals surface area contributed by atoms with Crippen molar-refractivity contribution in [1.82, 2.24) is 0 Å². The van der Waals surface area contributed by atoms with Gasteiger partial charge >= 0.3 is 0 Å². The van der Waals surface area contributed by atoms with Gasteiger partial charge in [0.1, 0.15) is 6.10 Å². The fraction of sp³-hybridized carbons (Fsp3) is 0.923. The molecule has 0 bridgehead atoms. The van der Waals surface area contributed by atoms with E-state index in [0.29, 0.717) is 0 Å². The monoisotopic (exact) mass is 213 g/mol. The zero-order valence-corrected chi connectivity index (χ0v) is 11.6. The Morgan fingerprint density at radius 1 is 1.07 bits per heavy atom. The van der Waals surface area contributed by atoms with Gasteiger partial charge in [-0.15, -0.1) is 0 Å². The first-order valence-electron chi connectivity index (χ1n) is 5.94. The highest BCUT2D eigenvalue weighted by Crippen LogP contribution is 2.33. The molecule has 0 spiro atoms. The molecule has 1 unspecified atom stereocenters. The highest BCUT2D eigenvalue weighted by Gasteiger charge is 2.36. The molecule has 1 aliphatic heterocycles. The maximum absolute atomic E-state index is 5.44. The van der Waals surface area contributed by atoms with Crippen molar-refractivity contribution in [2.24, 2.45) is 16.0 Å². The third-order valence-electron chi connectivity index (χ3n) is 2.50. The molecule has 15 heavy (non-hydrogen) atoms. The van der Waals surface area contributed by atoms with Gasteiger partial charge in [0.25, 0.3) is 0 Å². The molecular formula is C13H27NO. The molecule has 0 saturated heterocycles. The van der Waals surface area contributed by atoms with Gasteiger partial charge < -0.3 is 4.84 Å². The summed E-state index contributed by atoms with van der Waals surface area (Å²) in [7, 11) is 0. The lowest BCUT2D eigenvalue weighted by molar-refractivity contribution is 0.00830. The van der Waals surface area contributed by atoms with Crippen LogP contribution in [-0.2, 0) is 4.84 Å². The molecule has 0 N–H and O–H groups in total. The SMILES string of the molecule is CC.CC(C)(C)C1=NOC(C(C)(C)C)C1.